The zero-order valence-corrected chi connectivity index (χ0v) is 6.24. The summed E-state index contributed by atoms with van der Waals surface area (Å²) in [6.07, 6.45) is 3.46. The molecule has 0 fully saturated rings. The van der Waals surface area contributed by atoms with Gasteiger partial charge in [0, 0.05) is 18.0 Å². The quantitative estimate of drug-likeness (QED) is 0.594. The summed E-state index contributed by atoms with van der Waals surface area (Å²) in [5.74, 6) is -0.935. The Labute approximate surface area is 64.6 Å². The molecule has 0 aliphatic rings. The highest BCUT2D eigenvalue weighted by atomic mass is 16.4. The number of aliphatic carboxylic acids is 1. The minimum atomic E-state index is -0.935. The van der Waals surface area contributed by atoms with Crippen LogP contribution < -0.4 is 0 Å². The summed E-state index contributed by atoms with van der Waals surface area (Å²) in [4.78, 5) is 9.60. The normalized spacial score (nSPS) is 7.73. The van der Waals surface area contributed by atoms with E-state index in [-0.39, 0.29) is 5.57 Å². The van der Waals surface area contributed by atoms with Crippen molar-refractivity contribution >= 4 is 5.97 Å². The lowest BCUT2D eigenvalue weighted by Gasteiger charge is -1.79. The van der Waals surface area contributed by atoms with Crippen LogP contribution in [0.5, 0.6) is 0 Å². The monoisotopic (exact) mass is 154 g/mol. The molecule has 4 nitrogen and oxygen atoms in total. The summed E-state index contributed by atoms with van der Waals surface area (Å²) >= 11 is 0. The molecule has 4 heteroatoms. The Morgan fingerprint density at radius 2 is 2.27 bits per heavy atom. The molecule has 0 aliphatic heterocycles. The first-order chi connectivity index (χ1) is 5.14. The van der Waals surface area contributed by atoms with Gasteiger partial charge in [-0.1, -0.05) is 6.58 Å². The molecule has 0 amide bonds. The van der Waals surface area contributed by atoms with Gasteiger partial charge >= 0.3 is 5.97 Å². The number of carbonyl (C=O) groups is 1. The van der Waals surface area contributed by atoms with Gasteiger partial charge in [0.1, 0.15) is 0 Å². The van der Waals surface area contributed by atoms with Crippen molar-refractivity contribution in [1.29, 1.82) is 0 Å². The lowest BCUT2D eigenvalue weighted by molar-refractivity contribution is -0.132. The molecule has 0 spiro atoms. The van der Waals surface area contributed by atoms with Crippen LogP contribution in [-0.2, 0) is 4.79 Å². The van der Waals surface area contributed by atoms with Crippen LogP contribution in [0.25, 0.3) is 0 Å². The summed E-state index contributed by atoms with van der Waals surface area (Å²) in [6, 6.07) is 1.83. The standard InChI is InChI=1S/C4H6O2.C3H4N2/c1-3(2)4(5)6;1-2-4-5-3-1/h1H2,2H3,(H,5,6);1-3H,(H,4,5). The highest BCUT2D eigenvalue weighted by molar-refractivity contribution is 5.84. The lowest BCUT2D eigenvalue weighted by Crippen LogP contribution is -1.92. The average Bonchev–Trinajstić information content (AvgIpc) is 2.41. The summed E-state index contributed by atoms with van der Waals surface area (Å²) in [7, 11) is 0. The van der Waals surface area contributed by atoms with Crippen molar-refractivity contribution in [2.24, 2.45) is 0 Å². The Morgan fingerprint density at radius 1 is 1.73 bits per heavy atom. The molecule has 0 radical (unpaired) electrons. The van der Waals surface area contributed by atoms with Crippen molar-refractivity contribution in [2.45, 2.75) is 6.92 Å². The van der Waals surface area contributed by atoms with Crippen LogP contribution in [-0.4, -0.2) is 21.3 Å². The molecule has 0 aliphatic carbocycles. The Hall–Kier alpha value is -1.58. The third-order valence-electron chi connectivity index (χ3n) is 0.771. The second kappa shape index (κ2) is 5.22. The second-order valence-corrected chi connectivity index (χ2v) is 1.85. The van der Waals surface area contributed by atoms with Gasteiger partial charge in [0.2, 0.25) is 0 Å². The maximum atomic E-state index is 9.60. The first-order valence-corrected chi connectivity index (χ1v) is 2.97. The minimum absolute atomic E-state index is 0.176. The topological polar surface area (TPSA) is 66.0 Å². The van der Waals surface area contributed by atoms with E-state index >= 15 is 0 Å². The molecule has 1 aromatic heterocycles. The van der Waals surface area contributed by atoms with E-state index in [1.165, 1.54) is 6.92 Å². The first-order valence-electron chi connectivity index (χ1n) is 2.97. The van der Waals surface area contributed by atoms with Crippen molar-refractivity contribution in [3.63, 3.8) is 0 Å². The van der Waals surface area contributed by atoms with E-state index in [0.717, 1.165) is 0 Å². The maximum absolute atomic E-state index is 9.60. The number of hydrogen-bond donors (Lipinski definition) is 2. The zero-order chi connectivity index (χ0) is 8.69. The van der Waals surface area contributed by atoms with Crippen molar-refractivity contribution in [2.75, 3.05) is 0 Å². The van der Waals surface area contributed by atoms with E-state index in [0.29, 0.717) is 0 Å². The van der Waals surface area contributed by atoms with Crippen molar-refractivity contribution in [3.05, 3.63) is 30.6 Å². The van der Waals surface area contributed by atoms with Gasteiger partial charge in [-0.05, 0) is 13.0 Å². The number of nitrogens with zero attached hydrogens (tertiary/aromatic N) is 1. The predicted octanol–water partition coefficient (Wildman–Crippen LogP) is 1.06. The molecule has 1 heterocycles. The van der Waals surface area contributed by atoms with E-state index in [9.17, 15) is 4.79 Å². The van der Waals surface area contributed by atoms with Crippen molar-refractivity contribution < 1.29 is 9.90 Å². The molecule has 1 aromatic rings. The molecular formula is C7H10N2O2. The van der Waals surface area contributed by atoms with Crippen molar-refractivity contribution in [1.82, 2.24) is 10.2 Å². The van der Waals surface area contributed by atoms with Gasteiger partial charge in [0.15, 0.2) is 0 Å². The molecular weight excluding hydrogens is 144 g/mol. The third kappa shape index (κ3) is 6.30. The van der Waals surface area contributed by atoms with Gasteiger partial charge in [0.25, 0.3) is 0 Å². The van der Waals surface area contributed by atoms with E-state index in [2.05, 4.69) is 16.8 Å². The van der Waals surface area contributed by atoms with E-state index in [1.54, 1.807) is 12.4 Å². The Morgan fingerprint density at radius 3 is 2.36 bits per heavy atom. The summed E-state index contributed by atoms with van der Waals surface area (Å²) in [5.41, 5.74) is 0.176. The number of H-pyrrole nitrogens is 1. The summed E-state index contributed by atoms with van der Waals surface area (Å²) in [5, 5.41) is 14.1. The SMILES string of the molecule is C=C(C)C(=O)O.c1cn[nH]c1. The summed E-state index contributed by atoms with van der Waals surface area (Å²) in [6.45, 7) is 4.60. The number of aromatic amines is 1. The van der Waals surface area contributed by atoms with Crippen LogP contribution in [0, 0.1) is 0 Å². The highest BCUT2D eigenvalue weighted by Crippen LogP contribution is 1.81. The van der Waals surface area contributed by atoms with Crippen LogP contribution in [0.3, 0.4) is 0 Å². The van der Waals surface area contributed by atoms with Crippen LogP contribution >= 0.6 is 0 Å². The molecule has 2 N–H and O–H groups in total. The Balaban J connectivity index is 0.000000183. The average molecular weight is 154 g/mol. The molecule has 0 saturated carbocycles. The first kappa shape index (κ1) is 9.42. The van der Waals surface area contributed by atoms with Gasteiger partial charge in [0.05, 0.1) is 0 Å². The minimum Gasteiger partial charge on any atom is -0.478 e. The molecule has 0 aromatic carbocycles. The van der Waals surface area contributed by atoms with Crippen LogP contribution in [0.15, 0.2) is 30.6 Å². The highest BCUT2D eigenvalue weighted by Gasteiger charge is 1.90. The molecule has 1 rings (SSSR count). The van der Waals surface area contributed by atoms with Crippen LogP contribution in [0.1, 0.15) is 6.92 Å². The van der Waals surface area contributed by atoms with Gasteiger partial charge < -0.3 is 5.11 Å². The smallest absolute Gasteiger partial charge is 0.330 e. The van der Waals surface area contributed by atoms with E-state index < -0.39 is 5.97 Å². The van der Waals surface area contributed by atoms with E-state index in [1.807, 2.05) is 6.07 Å². The number of nitrogens with one attached hydrogen (secondary N) is 1. The fraction of sp³-hybridized carbons (Fsp3) is 0.143. The number of hydrogen-bond acceptors (Lipinski definition) is 2. The molecule has 0 unspecified atom stereocenters. The van der Waals surface area contributed by atoms with Crippen LogP contribution in [0.2, 0.25) is 0 Å². The number of aromatic nitrogens is 2. The largest absolute Gasteiger partial charge is 0.478 e. The van der Waals surface area contributed by atoms with Crippen LogP contribution in [0.4, 0.5) is 0 Å². The van der Waals surface area contributed by atoms with Gasteiger partial charge in [-0.25, -0.2) is 4.79 Å². The number of carboxylic acids is 1. The molecule has 0 saturated heterocycles. The third-order valence-corrected chi connectivity index (χ3v) is 0.771. The lowest BCUT2D eigenvalue weighted by atomic mass is 10.4. The Kier molecular flexibility index (Phi) is 4.47. The molecule has 11 heavy (non-hydrogen) atoms. The Bertz CT molecular complexity index is 187. The van der Waals surface area contributed by atoms with Gasteiger partial charge in [-0.3, -0.25) is 5.10 Å². The summed E-state index contributed by atoms with van der Waals surface area (Å²) < 4.78 is 0. The molecule has 0 bridgehead atoms. The predicted molar refractivity (Wildman–Crippen MR) is 41.0 cm³/mol. The fourth-order valence-corrected chi connectivity index (χ4v) is 0.215. The number of carboxylic acid groups (broad SMARTS) is 1. The van der Waals surface area contributed by atoms with Crippen molar-refractivity contribution in [3.8, 4) is 0 Å². The van der Waals surface area contributed by atoms with E-state index in [4.69, 9.17) is 5.11 Å². The molecule has 0 atom stereocenters. The van der Waals surface area contributed by atoms with Gasteiger partial charge in [-0.15, -0.1) is 0 Å². The second-order valence-electron chi connectivity index (χ2n) is 1.85. The zero-order valence-electron chi connectivity index (χ0n) is 6.24. The maximum Gasteiger partial charge on any atom is 0.330 e. The molecule has 60 valence electrons. The van der Waals surface area contributed by atoms with Gasteiger partial charge in [-0.2, -0.15) is 5.10 Å². The fourth-order valence-electron chi connectivity index (χ4n) is 0.215. The number of rotatable bonds is 1.